The molecular formula is C6H2ClN3O3. The van der Waals surface area contributed by atoms with E-state index in [4.69, 9.17) is 11.6 Å². The van der Waals surface area contributed by atoms with Gasteiger partial charge in [-0.15, -0.1) is 0 Å². The average molecular weight is 200 g/mol. The predicted octanol–water partition coefficient (Wildman–Crippen LogP) is -0.524. The van der Waals surface area contributed by atoms with Gasteiger partial charge in [0.1, 0.15) is 6.33 Å². The van der Waals surface area contributed by atoms with Crippen molar-refractivity contribution < 1.29 is 14.4 Å². The van der Waals surface area contributed by atoms with Gasteiger partial charge in [-0.1, -0.05) is 0 Å². The fraction of sp³-hybridized carbons (Fsp3) is 0. The van der Waals surface area contributed by atoms with Crippen molar-refractivity contribution >= 4 is 29.5 Å². The molecule has 0 saturated heterocycles. The van der Waals surface area contributed by atoms with E-state index in [1.807, 2.05) is 0 Å². The Kier molecular flexibility index (Phi) is 2.76. The zero-order valence-corrected chi connectivity index (χ0v) is 6.85. The molecule has 0 N–H and O–H groups in total. The topological polar surface area (TPSA) is 89.9 Å². The largest absolute Gasteiger partial charge is 0.294 e. The zero-order chi connectivity index (χ0) is 9.84. The Balaban J connectivity index is 3.02. The number of nitrogens with zero attached hydrogens (tertiary/aromatic N) is 3. The molecule has 0 amide bonds. The van der Waals surface area contributed by atoms with Crippen molar-refractivity contribution in [2.45, 2.75) is 0 Å². The molecular weight excluding hydrogens is 198 g/mol. The first-order valence-corrected chi connectivity index (χ1v) is 3.41. The molecule has 0 unspecified atom stereocenters. The van der Waals surface area contributed by atoms with E-state index in [9.17, 15) is 14.4 Å². The molecule has 1 rings (SSSR count). The molecule has 0 aliphatic rings. The summed E-state index contributed by atoms with van der Waals surface area (Å²) in [5, 5.41) is -0.211. The third-order valence-corrected chi connectivity index (χ3v) is 1.26. The molecule has 0 spiro atoms. The molecule has 13 heavy (non-hydrogen) atoms. The minimum Gasteiger partial charge on any atom is -0.294 e. The van der Waals surface area contributed by atoms with Gasteiger partial charge in [-0.3, -0.25) is 14.4 Å². The monoisotopic (exact) mass is 199 g/mol. The summed E-state index contributed by atoms with van der Waals surface area (Å²) >= 11 is 5.32. The second kappa shape index (κ2) is 3.81. The lowest BCUT2D eigenvalue weighted by Gasteiger charge is -1.92. The molecule has 66 valence electrons. The van der Waals surface area contributed by atoms with Crippen LogP contribution in [0.15, 0.2) is 6.33 Å². The van der Waals surface area contributed by atoms with Crippen LogP contribution < -0.4 is 0 Å². The molecule has 0 atom stereocenters. The minimum absolute atomic E-state index is 0.111. The first kappa shape index (κ1) is 9.40. The highest BCUT2D eigenvalue weighted by atomic mass is 35.5. The van der Waals surface area contributed by atoms with E-state index < -0.39 is 17.4 Å². The van der Waals surface area contributed by atoms with Gasteiger partial charge < -0.3 is 0 Å². The number of carbonyl (C=O) groups is 3. The molecule has 0 aliphatic carbocycles. The zero-order valence-electron chi connectivity index (χ0n) is 6.10. The fourth-order valence-corrected chi connectivity index (χ4v) is 0.673. The van der Waals surface area contributed by atoms with Crippen molar-refractivity contribution in [3.05, 3.63) is 17.4 Å². The van der Waals surface area contributed by atoms with E-state index >= 15 is 0 Å². The summed E-state index contributed by atoms with van der Waals surface area (Å²) in [6, 6.07) is 0. The van der Waals surface area contributed by atoms with Crippen LogP contribution in [-0.4, -0.2) is 32.8 Å². The van der Waals surface area contributed by atoms with Gasteiger partial charge in [-0.05, 0) is 11.6 Å². The van der Waals surface area contributed by atoms with Gasteiger partial charge in [0, 0.05) is 0 Å². The van der Waals surface area contributed by atoms with Gasteiger partial charge >= 0.3 is 0 Å². The van der Waals surface area contributed by atoms with Crippen LogP contribution in [0.4, 0.5) is 0 Å². The Morgan fingerprint density at radius 1 is 1.38 bits per heavy atom. The second-order valence-corrected chi connectivity index (χ2v) is 2.23. The van der Waals surface area contributed by atoms with Crippen molar-refractivity contribution in [3.63, 3.8) is 0 Å². The predicted molar refractivity (Wildman–Crippen MR) is 40.2 cm³/mol. The molecule has 0 fully saturated rings. The molecule has 1 aromatic rings. The third kappa shape index (κ3) is 2.12. The maximum absolute atomic E-state index is 10.9. The van der Waals surface area contributed by atoms with Crippen LogP contribution in [0.2, 0.25) is 5.28 Å². The normalized spacial score (nSPS) is 9.31. The van der Waals surface area contributed by atoms with Gasteiger partial charge in [-0.25, -0.2) is 9.97 Å². The third-order valence-electron chi connectivity index (χ3n) is 1.08. The summed E-state index contributed by atoms with van der Waals surface area (Å²) in [5.41, 5.74) is 0. The Morgan fingerprint density at radius 3 is 2.62 bits per heavy atom. The van der Waals surface area contributed by atoms with Crippen molar-refractivity contribution in [3.8, 4) is 0 Å². The maximum atomic E-state index is 10.9. The molecule has 0 bridgehead atoms. The molecule has 7 heteroatoms. The quantitative estimate of drug-likeness (QED) is 0.282. The maximum Gasteiger partial charge on any atom is 0.273 e. The number of hydrogen-bond donors (Lipinski definition) is 0. The molecule has 0 aliphatic heterocycles. The van der Waals surface area contributed by atoms with Crippen LogP contribution in [0.25, 0.3) is 0 Å². The van der Waals surface area contributed by atoms with Crippen molar-refractivity contribution in [1.29, 1.82) is 0 Å². The summed E-state index contributed by atoms with van der Waals surface area (Å²) in [6.07, 6.45) is 0.862. The number of Topliss-reactive ketones (excluding diaryl/α,β-unsaturated/α-hetero) is 2. The number of aromatic nitrogens is 3. The fourth-order valence-electron chi connectivity index (χ4n) is 0.549. The van der Waals surface area contributed by atoms with Crippen LogP contribution in [-0.2, 0) is 9.59 Å². The van der Waals surface area contributed by atoms with Gasteiger partial charge in [0.2, 0.25) is 11.1 Å². The Labute approximate surface area is 77.0 Å². The Hall–Kier alpha value is -1.69. The van der Waals surface area contributed by atoms with Crippen LogP contribution >= 0.6 is 11.6 Å². The van der Waals surface area contributed by atoms with E-state index in [1.54, 1.807) is 0 Å². The summed E-state index contributed by atoms with van der Waals surface area (Å²) in [4.78, 5) is 41.6. The molecule has 0 radical (unpaired) electrons. The van der Waals surface area contributed by atoms with Gasteiger partial charge in [0.25, 0.3) is 11.6 Å². The van der Waals surface area contributed by atoms with E-state index in [2.05, 4.69) is 15.0 Å². The lowest BCUT2D eigenvalue weighted by molar-refractivity contribution is -0.126. The van der Waals surface area contributed by atoms with E-state index in [0.29, 0.717) is 0 Å². The van der Waals surface area contributed by atoms with Crippen LogP contribution in [0.3, 0.4) is 0 Å². The number of rotatable bonds is 3. The number of ketones is 2. The molecule has 1 aromatic heterocycles. The van der Waals surface area contributed by atoms with E-state index in [-0.39, 0.29) is 11.6 Å². The molecule has 0 saturated carbocycles. The number of carbonyl (C=O) groups excluding carboxylic acids is 3. The summed E-state index contributed by atoms with van der Waals surface area (Å²) in [6.45, 7) is 0. The Bertz CT molecular complexity index is 379. The van der Waals surface area contributed by atoms with Crippen molar-refractivity contribution in [2.75, 3.05) is 0 Å². The SMILES string of the molecule is O=CC(=O)C(=O)c1ncnc(Cl)n1. The van der Waals surface area contributed by atoms with Crippen LogP contribution in [0.5, 0.6) is 0 Å². The van der Waals surface area contributed by atoms with Gasteiger partial charge in [0.15, 0.2) is 6.29 Å². The Morgan fingerprint density at radius 2 is 2.08 bits per heavy atom. The lowest BCUT2D eigenvalue weighted by atomic mass is 10.3. The molecule has 1 heterocycles. The highest BCUT2D eigenvalue weighted by molar-refractivity contribution is 6.61. The highest BCUT2D eigenvalue weighted by Gasteiger charge is 2.18. The second-order valence-electron chi connectivity index (χ2n) is 1.89. The number of aldehydes is 1. The van der Waals surface area contributed by atoms with Gasteiger partial charge in [-0.2, -0.15) is 4.98 Å². The summed E-state index contributed by atoms with van der Waals surface area (Å²) in [5.74, 6) is -2.75. The highest BCUT2D eigenvalue weighted by Crippen LogP contribution is 1.98. The van der Waals surface area contributed by atoms with Gasteiger partial charge in [0.05, 0.1) is 0 Å². The van der Waals surface area contributed by atoms with Crippen LogP contribution in [0, 0.1) is 0 Å². The van der Waals surface area contributed by atoms with E-state index in [0.717, 1.165) is 6.33 Å². The first-order chi connectivity index (χ1) is 6.15. The van der Waals surface area contributed by atoms with Crippen molar-refractivity contribution in [2.24, 2.45) is 0 Å². The lowest BCUT2D eigenvalue weighted by Crippen LogP contribution is -2.18. The number of halogens is 1. The molecule has 6 nitrogen and oxygen atoms in total. The first-order valence-electron chi connectivity index (χ1n) is 3.03. The van der Waals surface area contributed by atoms with Crippen LogP contribution in [0.1, 0.15) is 10.6 Å². The standard InChI is InChI=1S/C6H2ClN3O3/c7-6-9-2-8-5(10-6)4(13)3(12)1-11/h1-2H. The van der Waals surface area contributed by atoms with E-state index in [1.165, 1.54) is 0 Å². The smallest absolute Gasteiger partial charge is 0.273 e. The molecule has 0 aromatic carbocycles. The average Bonchev–Trinajstić information content (AvgIpc) is 2.15. The summed E-state index contributed by atoms with van der Waals surface area (Å²) in [7, 11) is 0. The summed E-state index contributed by atoms with van der Waals surface area (Å²) < 4.78 is 0. The number of hydrogen-bond acceptors (Lipinski definition) is 6. The van der Waals surface area contributed by atoms with Crippen molar-refractivity contribution in [1.82, 2.24) is 15.0 Å². The minimum atomic E-state index is -1.22.